The van der Waals surface area contributed by atoms with Crippen molar-refractivity contribution in [2.24, 2.45) is 0 Å². The maximum atomic E-state index is 11.9. The van der Waals surface area contributed by atoms with Gasteiger partial charge in [-0.05, 0) is 65.1 Å². The van der Waals surface area contributed by atoms with E-state index in [1.165, 1.54) is 4.88 Å². The van der Waals surface area contributed by atoms with Crippen LogP contribution in [0.1, 0.15) is 17.7 Å². The van der Waals surface area contributed by atoms with Crippen LogP contribution >= 0.6 is 49.9 Å². The number of anilines is 1. The van der Waals surface area contributed by atoms with E-state index in [4.69, 9.17) is 0 Å². The van der Waals surface area contributed by atoms with Crippen molar-refractivity contribution in [3.63, 3.8) is 0 Å². The van der Waals surface area contributed by atoms with E-state index in [2.05, 4.69) is 55.3 Å². The zero-order valence-corrected chi connectivity index (χ0v) is 14.7. The zero-order valence-electron chi connectivity index (χ0n) is 10.2. The third-order valence-corrected chi connectivity index (χ3v) is 4.98. The second-order valence-electron chi connectivity index (χ2n) is 4.11. The number of benzene rings is 1. The number of halogens is 2. The van der Waals surface area contributed by atoms with Crippen LogP contribution in [0.15, 0.2) is 40.2 Å². The van der Waals surface area contributed by atoms with Crippen molar-refractivity contribution in [1.82, 2.24) is 0 Å². The van der Waals surface area contributed by atoms with Gasteiger partial charge in [-0.1, -0.05) is 22.0 Å². The molecule has 0 bridgehead atoms. The van der Waals surface area contributed by atoms with Gasteiger partial charge in [0, 0.05) is 19.3 Å². The molecule has 0 aliphatic rings. The Morgan fingerprint density at radius 3 is 2.95 bits per heavy atom. The summed E-state index contributed by atoms with van der Waals surface area (Å²) in [5, 5.41) is 5.03. The molecule has 1 amide bonds. The Bertz CT molecular complexity index is 557. The summed E-state index contributed by atoms with van der Waals surface area (Å²) in [6.07, 6.45) is 2.41. The quantitative estimate of drug-likeness (QED) is 0.634. The van der Waals surface area contributed by atoms with Gasteiger partial charge in [0.25, 0.3) is 0 Å². The molecule has 2 rings (SSSR count). The van der Waals surface area contributed by atoms with Gasteiger partial charge in [-0.3, -0.25) is 4.79 Å². The summed E-state index contributed by atoms with van der Waals surface area (Å²) in [6, 6.07) is 10.0. The lowest BCUT2D eigenvalue weighted by Crippen LogP contribution is -2.12. The molecular weight excluding hydrogens is 437 g/mol. The Morgan fingerprint density at radius 1 is 1.37 bits per heavy atom. The number of rotatable bonds is 5. The average molecular weight is 450 g/mol. The molecule has 0 saturated heterocycles. The highest BCUT2D eigenvalue weighted by atomic mass is 127. The van der Waals surface area contributed by atoms with Gasteiger partial charge in [-0.2, -0.15) is 0 Å². The molecule has 2 nitrogen and oxygen atoms in total. The van der Waals surface area contributed by atoms with Crippen molar-refractivity contribution in [1.29, 1.82) is 0 Å². The van der Waals surface area contributed by atoms with Crippen molar-refractivity contribution >= 4 is 61.5 Å². The zero-order chi connectivity index (χ0) is 13.7. The van der Waals surface area contributed by atoms with Gasteiger partial charge in [0.2, 0.25) is 5.91 Å². The minimum atomic E-state index is 0.0765. The average Bonchev–Trinajstić information content (AvgIpc) is 2.87. The van der Waals surface area contributed by atoms with Gasteiger partial charge in [0.05, 0.1) is 5.69 Å². The molecule has 19 heavy (non-hydrogen) atoms. The Kier molecular flexibility index (Phi) is 5.84. The second kappa shape index (κ2) is 7.40. The van der Waals surface area contributed by atoms with E-state index >= 15 is 0 Å². The molecule has 0 spiro atoms. The fraction of sp³-hybridized carbons (Fsp3) is 0.214. The van der Waals surface area contributed by atoms with Gasteiger partial charge in [0.15, 0.2) is 0 Å². The molecule has 0 radical (unpaired) electrons. The second-order valence-corrected chi connectivity index (χ2v) is 7.22. The van der Waals surface area contributed by atoms with E-state index in [0.717, 1.165) is 26.6 Å². The van der Waals surface area contributed by atoms with Gasteiger partial charge in [-0.25, -0.2) is 0 Å². The Morgan fingerprint density at radius 2 is 2.21 bits per heavy atom. The predicted molar refractivity (Wildman–Crippen MR) is 92.7 cm³/mol. The summed E-state index contributed by atoms with van der Waals surface area (Å²) < 4.78 is 2.02. The minimum absolute atomic E-state index is 0.0765. The fourth-order valence-electron chi connectivity index (χ4n) is 1.68. The molecule has 1 aromatic carbocycles. The highest BCUT2D eigenvalue weighted by Gasteiger charge is 2.06. The van der Waals surface area contributed by atoms with Crippen molar-refractivity contribution in [2.45, 2.75) is 19.3 Å². The number of carbonyl (C=O) groups excluding carboxylic acids is 1. The molecule has 0 aliphatic heterocycles. The number of amides is 1. The van der Waals surface area contributed by atoms with Crippen LogP contribution in [-0.2, 0) is 11.2 Å². The van der Waals surface area contributed by atoms with E-state index in [1.807, 2.05) is 24.3 Å². The number of aryl methyl sites for hydroxylation is 1. The molecule has 1 aromatic heterocycles. The van der Waals surface area contributed by atoms with E-state index in [1.54, 1.807) is 11.3 Å². The summed E-state index contributed by atoms with van der Waals surface area (Å²) in [4.78, 5) is 13.2. The lowest BCUT2D eigenvalue weighted by molar-refractivity contribution is -0.116. The number of thiophene rings is 1. The highest BCUT2D eigenvalue weighted by molar-refractivity contribution is 14.1. The van der Waals surface area contributed by atoms with Gasteiger partial charge < -0.3 is 5.32 Å². The van der Waals surface area contributed by atoms with Crippen LogP contribution in [0, 0.1) is 3.57 Å². The van der Waals surface area contributed by atoms with Crippen LogP contribution < -0.4 is 5.32 Å². The van der Waals surface area contributed by atoms with Crippen molar-refractivity contribution in [3.8, 4) is 0 Å². The van der Waals surface area contributed by atoms with Crippen molar-refractivity contribution in [2.75, 3.05) is 5.32 Å². The molecule has 0 aliphatic carbocycles. The molecule has 1 heterocycles. The van der Waals surface area contributed by atoms with Gasteiger partial charge >= 0.3 is 0 Å². The van der Waals surface area contributed by atoms with Crippen LogP contribution in [0.5, 0.6) is 0 Å². The van der Waals surface area contributed by atoms with Crippen LogP contribution in [-0.4, -0.2) is 5.91 Å². The first kappa shape index (κ1) is 15.0. The predicted octanol–water partition coefficient (Wildman–Crippen LogP) is 5.08. The fourth-order valence-corrected chi connectivity index (χ4v) is 3.27. The molecule has 5 heteroatoms. The maximum Gasteiger partial charge on any atom is 0.224 e. The summed E-state index contributed by atoms with van der Waals surface area (Å²) in [5.74, 6) is 0.0765. The standard InChI is InChI=1S/C14H13BrINOS/c15-10-6-7-12(16)13(9-10)17-14(18)5-1-3-11-4-2-8-19-11/h2,4,6-9H,1,3,5H2,(H,17,18). The van der Waals surface area contributed by atoms with E-state index < -0.39 is 0 Å². The summed E-state index contributed by atoms with van der Waals surface area (Å²) >= 11 is 7.38. The van der Waals surface area contributed by atoms with Gasteiger partial charge in [-0.15, -0.1) is 11.3 Å². The van der Waals surface area contributed by atoms with Crippen LogP contribution in [0.3, 0.4) is 0 Å². The number of carbonyl (C=O) groups is 1. The lowest BCUT2D eigenvalue weighted by Gasteiger charge is -2.07. The molecule has 0 unspecified atom stereocenters. The first-order valence-electron chi connectivity index (χ1n) is 5.92. The minimum Gasteiger partial charge on any atom is -0.325 e. The molecular formula is C14H13BrINOS. The molecule has 1 N–H and O–H groups in total. The number of nitrogens with one attached hydrogen (secondary N) is 1. The largest absolute Gasteiger partial charge is 0.325 e. The maximum absolute atomic E-state index is 11.9. The van der Waals surface area contributed by atoms with Crippen LogP contribution in [0.25, 0.3) is 0 Å². The Balaban J connectivity index is 1.82. The van der Waals surface area contributed by atoms with E-state index in [0.29, 0.717) is 6.42 Å². The first-order valence-corrected chi connectivity index (χ1v) is 8.67. The molecule has 0 atom stereocenters. The highest BCUT2D eigenvalue weighted by Crippen LogP contribution is 2.23. The normalized spacial score (nSPS) is 10.4. The van der Waals surface area contributed by atoms with Crippen LogP contribution in [0.4, 0.5) is 5.69 Å². The van der Waals surface area contributed by atoms with Crippen LogP contribution in [0.2, 0.25) is 0 Å². The van der Waals surface area contributed by atoms with Crippen molar-refractivity contribution < 1.29 is 4.79 Å². The Labute approximate surface area is 138 Å². The third-order valence-electron chi connectivity index (χ3n) is 2.61. The van der Waals surface area contributed by atoms with E-state index in [-0.39, 0.29) is 5.91 Å². The molecule has 2 aromatic rings. The monoisotopic (exact) mass is 449 g/mol. The SMILES string of the molecule is O=C(CCCc1cccs1)Nc1cc(Br)ccc1I. The smallest absolute Gasteiger partial charge is 0.224 e. The van der Waals surface area contributed by atoms with E-state index in [9.17, 15) is 4.79 Å². The molecule has 0 saturated carbocycles. The van der Waals surface area contributed by atoms with Crippen molar-refractivity contribution in [3.05, 3.63) is 48.6 Å². The molecule has 0 fully saturated rings. The third kappa shape index (κ3) is 4.89. The number of hydrogen-bond donors (Lipinski definition) is 1. The molecule has 100 valence electrons. The first-order chi connectivity index (χ1) is 9.15. The lowest BCUT2D eigenvalue weighted by atomic mass is 10.2. The summed E-state index contributed by atoms with van der Waals surface area (Å²) in [6.45, 7) is 0. The number of hydrogen-bond acceptors (Lipinski definition) is 2. The summed E-state index contributed by atoms with van der Waals surface area (Å²) in [5.41, 5.74) is 0.871. The summed E-state index contributed by atoms with van der Waals surface area (Å²) in [7, 11) is 0. The topological polar surface area (TPSA) is 29.1 Å². The van der Waals surface area contributed by atoms with Gasteiger partial charge in [0.1, 0.15) is 0 Å². The Hall–Kier alpha value is -0.400.